The highest BCUT2D eigenvalue weighted by Gasteiger charge is 2.25. The molecular weight excluding hydrogens is 344 g/mol. The van der Waals surface area contributed by atoms with E-state index in [0.29, 0.717) is 5.92 Å². The van der Waals surface area contributed by atoms with Crippen molar-refractivity contribution in [2.75, 3.05) is 57.5 Å². The van der Waals surface area contributed by atoms with Crippen LogP contribution in [0, 0.1) is 5.92 Å². The summed E-state index contributed by atoms with van der Waals surface area (Å²) >= 11 is 2.10. The molecule has 2 aliphatic heterocycles. The molecule has 0 amide bonds. The molecule has 1 aromatic carbocycles. The molecular formula is C20H32N4OS. The number of thioether (sulfide) groups is 1. The van der Waals surface area contributed by atoms with E-state index in [9.17, 15) is 0 Å². The molecule has 144 valence electrons. The third-order valence-electron chi connectivity index (χ3n) is 5.36. The van der Waals surface area contributed by atoms with Crippen LogP contribution < -0.4 is 15.0 Å². The third-order valence-corrected chi connectivity index (χ3v) is 6.73. The van der Waals surface area contributed by atoms with E-state index in [1.165, 1.54) is 24.3 Å². The Balaban J connectivity index is 1.50. The standard InChI is InChI=1S/C20H32N4OS/c1-4-19-15-24(10-11-26-19)20(21-2)22-13-16-8-9-23(14-16)17-6-5-7-18(12-17)25-3/h5-7,12,16,19H,4,8-11,13-15H2,1-3H3,(H,21,22). The highest BCUT2D eigenvalue weighted by molar-refractivity contribution is 8.00. The summed E-state index contributed by atoms with van der Waals surface area (Å²) in [5.41, 5.74) is 1.26. The van der Waals surface area contributed by atoms with Crippen LogP contribution >= 0.6 is 11.8 Å². The first-order valence-corrected chi connectivity index (χ1v) is 10.7. The maximum atomic E-state index is 5.36. The van der Waals surface area contributed by atoms with E-state index >= 15 is 0 Å². The molecule has 26 heavy (non-hydrogen) atoms. The summed E-state index contributed by atoms with van der Waals surface area (Å²) < 4.78 is 5.36. The fourth-order valence-corrected chi connectivity index (χ4v) is 4.95. The molecule has 0 radical (unpaired) electrons. The van der Waals surface area contributed by atoms with Crippen LogP contribution in [0.3, 0.4) is 0 Å². The first-order valence-electron chi connectivity index (χ1n) is 9.69. The van der Waals surface area contributed by atoms with E-state index in [-0.39, 0.29) is 0 Å². The summed E-state index contributed by atoms with van der Waals surface area (Å²) in [6, 6.07) is 8.38. The zero-order valence-electron chi connectivity index (χ0n) is 16.3. The number of guanidine groups is 1. The molecule has 2 unspecified atom stereocenters. The number of ether oxygens (including phenoxy) is 1. The van der Waals surface area contributed by atoms with Crippen molar-refractivity contribution < 1.29 is 4.74 Å². The van der Waals surface area contributed by atoms with Gasteiger partial charge in [0.2, 0.25) is 0 Å². The lowest BCUT2D eigenvalue weighted by molar-refractivity contribution is 0.402. The van der Waals surface area contributed by atoms with Crippen LogP contribution in [-0.2, 0) is 0 Å². The SMILES string of the molecule is CCC1CN(C(=NC)NCC2CCN(c3cccc(OC)c3)C2)CCS1. The number of hydrogen-bond donors (Lipinski definition) is 1. The Morgan fingerprint density at radius 3 is 3.00 bits per heavy atom. The quantitative estimate of drug-likeness (QED) is 0.632. The van der Waals surface area contributed by atoms with Gasteiger partial charge in [0.25, 0.3) is 0 Å². The van der Waals surface area contributed by atoms with Gasteiger partial charge in [-0.2, -0.15) is 11.8 Å². The average molecular weight is 377 g/mol. The Bertz CT molecular complexity index is 609. The maximum absolute atomic E-state index is 5.36. The van der Waals surface area contributed by atoms with Crippen LogP contribution in [0.4, 0.5) is 5.69 Å². The smallest absolute Gasteiger partial charge is 0.193 e. The number of methoxy groups -OCH3 is 1. The van der Waals surface area contributed by atoms with Gasteiger partial charge in [-0.05, 0) is 30.9 Å². The molecule has 0 bridgehead atoms. The topological polar surface area (TPSA) is 40.1 Å². The molecule has 2 heterocycles. The lowest BCUT2D eigenvalue weighted by atomic mass is 10.1. The molecule has 1 aromatic rings. The number of nitrogens with one attached hydrogen (secondary N) is 1. The predicted octanol–water partition coefficient (Wildman–Crippen LogP) is 2.92. The van der Waals surface area contributed by atoms with Crippen molar-refractivity contribution in [2.45, 2.75) is 25.0 Å². The van der Waals surface area contributed by atoms with E-state index in [1.54, 1.807) is 7.11 Å². The van der Waals surface area contributed by atoms with E-state index in [2.05, 4.69) is 57.0 Å². The van der Waals surface area contributed by atoms with Gasteiger partial charge in [-0.1, -0.05) is 13.0 Å². The molecule has 0 saturated carbocycles. The van der Waals surface area contributed by atoms with Gasteiger partial charge in [0.15, 0.2) is 5.96 Å². The first-order chi connectivity index (χ1) is 12.7. The minimum Gasteiger partial charge on any atom is -0.497 e. The second-order valence-corrected chi connectivity index (χ2v) is 8.49. The van der Waals surface area contributed by atoms with Crippen LogP contribution in [-0.4, -0.2) is 68.7 Å². The lowest BCUT2D eigenvalue weighted by Gasteiger charge is -2.34. The van der Waals surface area contributed by atoms with Crippen molar-refractivity contribution in [1.82, 2.24) is 10.2 Å². The van der Waals surface area contributed by atoms with E-state index in [1.807, 2.05) is 13.1 Å². The number of hydrogen-bond acceptors (Lipinski definition) is 4. The Kier molecular flexibility index (Phi) is 6.94. The number of nitrogens with zero attached hydrogens (tertiary/aromatic N) is 3. The summed E-state index contributed by atoms with van der Waals surface area (Å²) in [7, 11) is 3.63. The number of anilines is 1. The molecule has 2 fully saturated rings. The molecule has 0 aliphatic carbocycles. The molecule has 5 nitrogen and oxygen atoms in total. The number of aliphatic imine (C=N–C) groups is 1. The molecule has 1 N–H and O–H groups in total. The minimum atomic E-state index is 0.652. The lowest BCUT2D eigenvalue weighted by Crippen LogP contribution is -2.49. The molecule has 6 heteroatoms. The summed E-state index contributed by atoms with van der Waals surface area (Å²) in [4.78, 5) is 9.42. The van der Waals surface area contributed by atoms with Crippen molar-refractivity contribution in [2.24, 2.45) is 10.9 Å². The molecule has 0 spiro atoms. The molecule has 2 saturated heterocycles. The van der Waals surface area contributed by atoms with Crippen molar-refractivity contribution in [3.63, 3.8) is 0 Å². The highest BCUT2D eigenvalue weighted by Crippen LogP contribution is 2.27. The Morgan fingerprint density at radius 2 is 2.23 bits per heavy atom. The highest BCUT2D eigenvalue weighted by atomic mass is 32.2. The van der Waals surface area contributed by atoms with Crippen LogP contribution in [0.1, 0.15) is 19.8 Å². The van der Waals surface area contributed by atoms with E-state index in [4.69, 9.17) is 4.74 Å². The summed E-state index contributed by atoms with van der Waals surface area (Å²) in [5.74, 6) is 3.85. The van der Waals surface area contributed by atoms with Gasteiger partial charge in [-0.3, -0.25) is 4.99 Å². The maximum Gasteiger partial charge on any atom is 0.193 e. The molecule has 0 aromatic heterocycles. The second-order valence-electron chi connectivity index (χ2n) is 7.08. The van der Waals surface area contributed by atoms with Crippen LogP contribution in [0.2, 0.25) is 0 Å². The summed E-state index contributed by atoms with van der Waals surface area (Å²) in [5, 5.41) is 4.37. The predicted molar refractivity (Wildman–Crippen MR) is 113 cm³/mol. The molecule has 2 aliphatic rings. The number of rotatable bonds is 5. The first kappa shape index (κ1) is 19.2. The summed E-state index contributed by atoms with van der Waals surface area (Å²) in [6.07, 6.45) is 2.45. The molecule has 2 atom stereocenters. The minimum absolute atomic E-state index is 0.652. The van der Waals surface area contributed by atoms with E-state index in [0.717, 1.165) is 49.7 Å². The largest absolute Gasteiger partial charge is 0.497 e. The van der Waals surface area contributed by atoms with Gasteiger partial charge in [-0.15, -0.1) is 0 Å². The van der Waals surface area contributed by atoms with E-state index < -0.39 is 0 Å². The monoisotopic (exact) mass is 376 g/mol. The zero-order valence-corrected chi connectivity index (χ0v) is 17.1. The second kappa shape index (κ2) is 9.40. The fraction of sp³-hybridized carbons (Fsp3) is 0.650. The van der Waals surface area contributed by atoms with Gasteiger partial charge in [0.05, 0.1) is 7.11 Å². The van der Waals surface area contributed by atoms with Gasteiger partial charge in [-0.25, -0.2) is 0 Å². The van der Waals surface area contributed by atoms with Crippen LogP contribution in [0.5, 0.6) is 5.75 Å². The van der Waals surface area contributed by atoms with Crippen molar-refractivity contribution >= 4 is 23.4 Å². The third kappa shape index (κ3) is 4.78. The van der Waals surface area contributed by atoms with Crippen LogP contribution in [0.25, 0.3) is 0 Å². The van der Waals surface area contributed by atoms with Gasteiger partial charge >= 0.3 is 0 Å². The van der Waals surface area contributed by atoms with Gasteiger partial charge in [0.1, 0.15) is 5.75 Å². The molecule has 3 rings (SSSR count). The van der Waals surface area contributed by atoms with Crippen molar-refractivity contribution in [1.29, 1.82) is 0 Å². The van der Waals surface area contributed by atoms with Crippen molar-refractivity contribution in [3.8, 4) is 5.75 Å². The van der Waals surface area contributed by atoms with Crippen LogP contribution in [0.15, 0.2) is 29.3 Å². The zero-order chi connectivity index (χ0) is 18.4. The Hall–Kier alpha value is -1.56. The normalized spacial score (nSPS) is 24.0. The van der Waals surface area contributed by atoms with Gasteiger partial charge < -0.3 is 19.9 Å². The summed E-state index contributed by atoms with van der Waals surface area (Å²) in [6.45, 7) is 7.68. The Morgan fingerprint density at radius 1 is 1.35 bits per heavy atom. The number of benzene rings is 1. The fourth-order valence-electron chi connectivity index (χ4n) is 3.77. The van der Waals surface area contributed by atoms with Gasteiger partial charge in [0, 0.05) is 62.5 Å². The van der Waals surface area contributed by atoms with Crippen molar-refractivity contribution in [3.05, 3.63) is 24.3 Å². The Labute approximate surface area is 162 Å². The average Bonchev–Trinajstić information content (AvgIpc) is 3.18.